The third kappa shape index (κ3) is 2.96. The number of fused-ring (bicyclic) bond motifs is 2. The van der Waals surface area contributed by atoms with Gasteiger partial charge in [0.15, 0.2) is 5.69 Å². The largest absolute Gasteiger partial charge is 0.465 e. The summed E-state index contributed by atoms with van der Waals surface area (Å²) in [6.45, 7) is 2.47. The van der Waals surface area contributed by atoms with E-state index in [0.29, 0.717) is 29.2 Å². The van der Waals surface area contributed by atoms with Gasteiger partial charge in [-0.25, -0.2) is 9.31 Å². The van der Waals surface area contributed by atoms with Crippen molar-refractivity contribution < 1.29 is 14.3 Å². The van der Waals surface area contributed by atoms with Crippen LogP contribution in [0, 0.1) is 0 Å². The predicted octanol–water partition coefficient (Wildman–Crippen LogP) is 3.53. The summed E-state index contributed by atoms with van der Waals surface area (Å²) in [5.74, 6) is -0.493. The smallest absolute Gasteiger partial charge is 0.338 e. The molecule has 1 aromatic carbocycles. The Morgan fingerprint density at radius 2 is 2.07 bits per heavy atom. The molecule has 1 atom stereocenters. The minimum absolute atomic E-state index is 0.142. The van der Waals surface area contributed by atoms with Crippen LogP contribution in [0.15, 0.2) is 42.6 Å². The molecule has 1 aliphatic rings. The molecule has 0 N–H and O–H groups in total. The number of hydrogen-bond donors (Lipinski definition) is 0. The third-order valence-electron chi connectivity index (χ3n) is 5.04. The van der Waals surface area contributed by atoms with Gasteiger partial charge in [0.05, 0.1) is 29.3 Å². The van der Waals surface area contributed by atoms with E-state index < -0.39 is 0 Å². The molecule has 27 heavy (non-hydrogen) atoms. The highest BCUT2D eigenvalue weighted by Crippen LogP contribution is 2.32. The number of pyridine rings is 1. The lowest BCUT2D eigenvalue weighted by Crippen LogP contribution is -2.39. The van der Waals surface area contributed by atoms with Gasteiger partial charge in [0, 0.05) is 12.7 Å². The third-order valence-corrected chi connectivity index (χ3v) is 5.26. The topological polar surface area (TPSA) is 63.9 Å². The number of carbonyl (C=O) groups excluding carboxylic acids is 2. The van der Waals surface area contributed by atoms with E-state index in [1.54, 1.807) is 33.8 Å². The summed E-state index contributed by atoms with van der Waals surface area (Å²) in [5, 5.41) is 4.92. The van der Waals surface area contributed by atoms with E-state index >= 15 is 0 Å². The molecule has 3 heterocycles. The number of halogens is 1. The summed E-state index contributed by atoms with van der Waals surface area (Å²) < 4.78 is 6.49. The number of ether oxygens (including phenoxy) is 1. The zero-order chi connectivity index (χ0) is 19.1. The van der Waals surface area contributed by atoms with Gasteiger partial charge in [0.2, 0.25) is 0 Å². The van der Waals surface area contributed by atoms with Crippen molar-refractivity contribution in [3.05, 3.63) is 70.0 Å². The average Bonchev–Trinajstić information content (AvgIpc) is 3.10. The van der Waals surface area contributed by atoms with E-state index in [1.807, 2.05) is 25.1 Å². The Hall–Kier alpha value is -2.86. The second-order valence-corrected chi connectivity index (χ2v) is 6.97. The van der Waals surface area contributed by atoms with Crippen LogP contribution in [-0.2, 0) is 11.2 Å². The molecule has 0 fully saturated rings. The fourth-order valence-electron chi connectivity index (χ4n) is 3.66. The molecule has 1 aliphatic heterocycles. The number of nitrogens with zero attached hydrogens (tertiary/aromatic N) is 3. The first-order valence-corrected chi connectivity index (χ1v) is 9.03. The molecule has 1 unspecified atom stereocenters. The van der Waals surface area contributed by atoms with E-state index in [2.05, 4.69) is 5.10 Å². The summed E-state index contributed by atoms with van der Waals surface area (Å²) in [6.07, 6.45) is 2.27. The Kier molecular flexibility index (Phi) is 4.36. The Labute approximate surface area is 161 Å². The molecule has 3 aromatic rings. The zero-order valence-corrected chi connectivity index (χ0v) is 15.7. The predicted molar refractivity (Wildman–Crippen MR) is 101 cm³/mol. The molecule has 4 rings (SSSR count). The molecule has 0 saturated heterocycles. The van der Waals surface area contributed by atoms with Gasteiger partial charge in [-0.15, -0.1) is 0 Å². The van der Waals surface area contributed by atoms with Gasteiger partial charge >= 0.3 is 5.97 Å². The number of benzene rings is 1. The van der Waals surface area contributed by atoms with Crippen LogP contribution in [0.4, 0.5) is 0 Å². The maximum absolute atomic E-state index is 13.1. The molecular formula is C20H18ClN3O3. The summed E-state index contributed by atoms with van der Waals surface area (Å²) in [4.78, 5) is 26.9. The minimum atomic E-state index is -0.351. The highest BCUT2D eigenvalue weighted by molar-refractivity contribution is 6.30. The first-order valence-electron chi connectivity index (χ1n) is 8.65. The van der Waals surface area contributed by atoms with Crippen molar-refractivity contribution in [2.24, 2.45) is 0 Å². The fraction of sp³-hybridized carbons (Fsp3) is 0.250. The molecule has 1 amide bonds. The van der Waals surface area contributed by atoms with Crippen molar-refractivity contribution in [3.8, 4) is 0 Å². The normalized spacial score (nSPS) is 16.3. The average molecular weight is 384 g/mol. The number of methoxy groups -OCH3 is 1. The number of amides is 1. The van der Waals surface area contributed by atoms with Crippen LogP contribution in [0.1, 0.15) is 44.9 Å². The highest BCUT2D eigenvalue weighted by atomic mass is 35.5. The quantitative estimate of drug-likeness (QED) is 0.635. The summed E-state index contributed by atoms with van der Waals surface area (Å²) >= 11 is 5.99. The van der Waals surface area contributed by atoms with Crippen molar-refractivity contribution in [2.75, 3.05) is 13.7 Å². The van der Waals surface area contributed by atoms with Crippen molar-refractivity contribution in [3.63, 3.8) is 0 Å². The van der Waals surface area contributed by atoms with E-state index in [4.69, 9.17) is 16.3 Å². The van der Waals surface area contributed by atoms with Crippen molar-refractivity contribution in [1.82, 2.24) is 14.5 Å². The number of hydrogen-bond acceptors (Lipinski definition) is 4. The lowest BCUT2D eigenvalue weighted by molar-refractivity contribution is 0.0597. The second kappa shape index (κ2) is 6.70. The van der Waals surface area contributed by atoms with Gasteiger partial charge in [0.25, 0.3) is 5.91 Å². The first-order chi connectivity index (χ1) is 13.0. The number of carbonyl (C=O) groups is 2. The number of esters is 1. The molecule has 6 nitrogen and oxygen atoms in total. The molecule has 0 saturated carbocycles. The molecule has 7 heteroatoms. The van der Waals surface area contributed by atoms with Gasteiger partial charge in [0.1, 0.15) is 0 Å². The molecule has 0 aliphatic carbocycles. The molecule has 0 radical (unpaired) electrons. The zero-order valence-electron chi connectivity index (χ0n) is 15.0. The van der Waals surface area contributed by atoms with Crippen molar-refractivity contribution >= 4 is 29.0 Å². The second-order valence-electron chi connectivity index (χ2n) is 6.54. The van der Waals surface area contributed by atoms with Gasteiger partial charge in [-0.2, -0.15) is 5.10 Å². The van der Waals surface area contributed by atoms with Crippen molar-refractivity contribution in [2.45, 2.75) is 19.4 Å². The Morgan fingerprint density at radius 3 is 2.85 bits per heavy atom. The molecule has 138 valence electrons. The Morgan fingerprint density at radius 1 is 1.26 bits per heavy atom. The van der Waals surface area contributed by atoms with E-state index in [-0.39, 0.29) is 17.9 Å². The standard InChI is InChI=1S/C20H18ClN3O3/c1-12-15-4-3-5-17(20(26)27-2)16(15)8-9-23(12)19(25)18-10-14-7-6-13(21)11-24(14)22-18/h3-7,10-12H,8-9H2,1-2H3. The van der Waals surface area contributed by atoms with Gasteiger partial charge in [-0.05, 0) is 48.7 Å². The van der Waals surface area contributed by atoms with Crippen LogP contribution < -0.4 is 0 Å². The monoisotopic (exact) mass is 383 g/mol. The van der Waals surface area contributed by atoms with Gasteiger partial charge < -0.3 is 9.64 Å². The fourth-order valence-corrected chi connectivity index (χ4v) is 3.82. The van der Waals surface area contributed by atoms with E-state index in [1.165, 1.54) is 7.11 Å². The summed E-state index contributed by atoms with van der Waals surface area (Å²) in [5.41, 5.74) is 3.65. The van der Waals surface area contributed by atoms with Crippen LogP contribution in [0.3, 0.4) is 0 Å². The number of aromatic nitrogens is 2. The van der Waals surface area contributed by atoms with E-state index in [9.17, 15) is 9.59 Å². The maximum Gasteiger partial charge on any atom is 0.338 e. The minimum Gasteiger partial charge on any atom is -0.465 e. The first kappa shape index (κ1) is 17.5. The van der Waals surface area contributed by atoms with Gasteiger partial charge in [-0.1, -0.05) is 23.7 Å². The summed E-state index contributed by atoms with van der Waals surface area (Å²) in [7, 11) is 1.37. The molecule has 0 spiro atoms. The van der Waals surface area contributed by atoms with Crippen LogP contribution in [0.5, 0.6) is 0 Å². The molecule has 0 bridgehead atoms. The molecule has 2 aromatic heterocycles. The SMILES string of the molecule is COC(=O)c1cccc2c1CCN(C(=O)c1cc3ccc(Cl)cn3n1)C2C. The van der Waals surface area contributed by atoms with Crippen LogP contribution >= 0.6 is 11.6 Å². The maximum atomic E-state index is 13.1. The van der Waals surface area contributed by atoms with Crippen LogP contribution in [-0.4, -0.2) is 40.0 Å². The van der Waals surface area contributed by atoms with Gasteiger partial charge in [-0.3, -0.25) is 4.79 Å². The highest BCUT2D eigenvalue weighted by Gasteiger charge is 2.31. The Bertz CT molecular complexity index is 1060. The van der Waals surface area contributed by atoms with Crippen LogP contribution in [0.2, 0.25) is 5.02 Å². The summed E-state index contributed by atoms with van der Waals surface area (Å²) in [6, 6.07) is 10.7. The van der Waals surface area contributed by atoms with Crippen LogP contribution in [0.25, 0.3) is 5.52 Å². The van der Waals surface area contributed by atoms with E-state index in [0.717, 1.165) is 16.6 Å². The lowest BCUT2D eigenvalue weighted by atomic mass is 9.89. The van der Waals surface area contributed by atoms with Crippen molar-refractivity contribution in [1.29, 1.82) is 0 Å². The number of rotatable bonds is 2. The Balaban J connectivity index is 1.67. The lowest BCUT2D eigenvalue weighted by Gasteiger charge is -2.35. The molecular weight excluding hydrogens is 366 g/mol.